The molecule has 1 atom stereocenters. The lowest BCUT2D eigenvalue weighted by Gasteiger charge is -2.36. The molecule has 6 rings (SSSR count). The molecule has 0 saturated carbocycles. The maximum atomic E-state index is 6.68. The van der Waals surface area contributed by atoms with Gasteiger partial charge < -0.3 is 14.6 Å². The number of nitrogens with one attached hydrogen (secondary N) is 1. The molecule has 3 aromatic heterocycles. The first-order valence-corrected chi connectivity index (χ1v) is 13.6. The van der Waals surface area contributed by atoms with E-state index < -0.39 is 0 Å². The summed E-state index contributed by atoms with van der Waals surface area (Å²) in [5.41, 5.74) is 6.81. The molecule has 0 amide bonds. The standard InChI is InChI=1S/C25H30ClN7OS/c26-21-13-27-25-22(23(21)33-7-5-31(6-8-33)15-20-16-35-17-28-20)29-24(30-25)19-3-1-18(2-4-19)14-32-9-11-34-12-10-32/h1,3-4,13,16-18H,2,5-12,14-15H2,(H,27,29,30). The summed E-state index contributed by atoms with van der Waals surface area (Å²) in [5.74, 6) is 1.39. The Hall–Kier alpha value is -2.30. The first kappa shape index (κ1) is 23.1. The fourth-order valence-electron chi connectivity index (χ4n) is 5.13. The zero-order valence-corrected chi connectivity index (χ0v) is 21.3. The summed E-state index contributed by atoms with van der Waals surface area (Å²) in [6.45, 7) is 9.47. The second-order valence-corrected chi connectivity index (χ2v) is 10.5. The van der Waals surface area contributed by atoms with Crippen LogP contribution in [0.3, 0.4) is 0 Å². The molecule has 1 aliphatic carbocycles. The van der Waals surface area contributed by atoms with Gasteiger partial charge >= 0.3 is 0 Å². The fourth-order valence-corrected chi connectivity index (χ4v) is 5.94. The van der Waals surface area contributed by atoms with Crippen LogP contribution in [0.5, 0.6) is 0 Å². The maximum absolute atomic E-state index is 6.68. The van der Waals surface area contributed by atoms with E-state index in [-0.39, 0.29) is 0 Å². The average molecular weight is 512 g/mol. The molecule has 2 fully saturated rings. The second-order valence-electron chi connectivity index (χ2n) is 9.41. The van der Waals surface area contributed by atoms with Crippen LogP contribution in [0.4, 0.5) is 5.69 Å². The van der Waals surface area contributed by atoms with E-state index in [2.05, 4.69) is 53.3 Å². The molecular weight excluding hydrogens is 482 g/mol. The molecule has 2 saturated heterocycles. The molecule has 3 aromatic rings. The average Bonchev–Trinajstić information content (AvgIpc) is 3.56. The highest BCUT2D eigenvalue weighted by Crippen LogP contribution is 2.34. The van der Waals surface area contributed by atoms with Gasteiger partial charge in [-0.05, 0) is 12.3 Å². The van der Waals surface area contributed by atoms with Crippen molar-refractivity contribution in [1.82, 2.24) is 29.7 Å². The zero-order chi connectivity index (χ0) is 23.6. The third kappa shape index (κ3) is 5.15. The van der Waals surface area contributed by atoms with Gasteiger partial charge in [0.25, 0.3) is 0 Å². The van der Waals surface area contributed by atoms with Crippen molar-refractivity contribution in [1.29, 1.82) is 0 Å². The van der Waals surface area contributed by atoms with E-state index in [1.54, 1.807) is 17.5 Å². The number of rotatable bonds is 6. The fraction of sp³-hybridized carbons (Fsp3) is 0.480. The summed E-state index contributed by atoms with van der Waals surface area (Å²) in [6.07, 6.45) is 9.56. The number of H-pyrrole nitrogens is 1. The maximum Gasteiger partial charge on any atom is 0.180 e. The van der Waals surface area contributed by atoms with Crippen LogP contribution < -0.4 is 4.90 Å². The number of aromatic nitrogens is 4. The number of ether oxygens (including phenoxy) is 1. The highest BCUT2D eigenvalue weighted by atomic mass is 35.5. The molecule has 184 valence electrons. The van der Waals surface area contributed by atoms with Gasteiger partial charge in [-0.3, -0.25) is 9.80 Å². The van der Waals surface area contributed by atoms with Gasteiger partial charge in [-0.15, -0.1) is 11.3 Å². The molecule has 3 aliphatic rings. The number of morpholine rings is 1. The number of hydrogen-bond acceptors (Lipinski definition) is 8. The van der Waals surface area contributed by atoms with Crippen LogP contribution in [-0.2, 0) is 11.3 Å². The lowest BCUT2D eigenvalue weighted by molar-refractivity contribution is 0.0335. The summed E-state index contributed by atoms with van der Waals surface area (Å²) < 4.78 is 5.47. The van der Waals surface area contributed by atoms with E-state index in [4.69, 9.17) is 21.3 Å². The number of piperazine rings is 1. The largest absolute Gasteiger partial charge is 0.379 e. The summed E-state index contributed by atoms with van der Waals surface area (Å²) in [4.78, 5) is 24.6. The number of anilines is 1. The van der Waals surface area contributed by atoms with Crippen LogP contribution in [0.25, 0.3) is 16.7 Å². The van der Waals surface area contributed by atoms with Crippen molar-refractivity contribution < 1.29 is 4.74 Å². The predicted molar refractivity (Wildman–Crippen MR) is 141 cm³/mol. The Kier molecular flexibility index (Phi) is 6.84. The smallest absolute Gasteiger partial charge is 0.180 e. The normalized spacial score (nSPS) is 22.1. The molecule has 1 unspecified atom stereocenters. The van der Waals surface area contributed by atoms with Crippen LogP contribution in [-0.4, -0.2) is 88.8 Å². The van der Waals surface area contributed by atoms with Crippen molar-refractivity contribution in [2.75, 3.05) is 63.9 Å². The number of imidazole rings is 1. The molecule has 0 aromatic carbocycles. The number of halogens is 1. The summed E-state index contributed by atoms with van der Waals surface area (Å²) in [7, 11) is 0. The summed E-state index contributed by atoms with van der Waals surface area (Å²) in [5, 5.41) is 2.79. The third-order valence-electron chi connectivity index (χ3n) is 7.06. The van der Waals surface area contributed by atoms with Crippen molar-refractivity contribution >= 4 is 45.4 Å². The summed E-state index contributed by atoms with van der Waals surface area (Å²) in [6, 6.07) is 0. The van der Waals surface area contributed by atoms with Gasteiger partial charge in [0, 0.05) is 63.3 Å². The lowest BCUT2D eigenvalue weighted by atomic mass is 9.95. The molecule has 0 bridgehead atoms. The molecule has 5 heterocycles. The number of thiazole rings is 1. The van der Waals surface area contributed by atoms with E-state index in [0.717, 1.165) is 100 Å². The van der Waals surface area contributed by atoms with Gasteiger partial charge in [-0.1, -0.05) is 29.8 Å². The Balaban J connectivity index is 1.15. The van der Waals surface area contributed by atoms with Crippen molar-refractivity contribution in [3.63, 3.8) is 0 Å². The Labute approximate surface area is 214 Å². The Morgan fingerprint density at radius 3 is 2.69 bits per heavy atom. The molecule has 10 heteroatoms. The highest BCUT2D eigenvalue weighted by molar-refractivity contribution is 7.07. The van der Waals surface area contributed by atoms with Crippen LogP contribution in [0.1, 0.15) is 17.9 Å². The van der Waals surface area contributed by atoms with Crippen LogP contribution in [0, 0.1) is 5.92 Å². The first-order chi connectivity index (χ1) is 17.2. The second kappa shape index (κ2) is 10.4. The molecule has 35 heavy (non-hydrogen) atoms. The van der Waals surface area contributed by atoms with Gasteiger partial charge in [-0.25, -0.2) is 15.0 Å². The van der Waals surface area contributed by atoms with E-state index in [0.29, 0.717) is 16.6 Å². The Morgan fingerprint density at radius 1 is 1.09 bits per heavy atom. The van der Waals surface area contributed by atoms with Crippen molar-refractivity contribution in [2.24, 2.45) is 5.92 Å². The molecule has 0 radical (unpaired) electrons. The van der Waals surface area contributed by atoms with Crippen LogP contribution in [0.15, 0.2) is 35.3 Å². The minimum Gasteiger partial charge on any atom is -0.379 e. The van der Waals surface area contributed by atoms with E-state index in [9.17, 15) is 0 Å². The number of allylic oxidation sites excluding steroid dienone is 3. The summed E-state index contributed by atoms with van der Waals surface area (Å²) >= 11 is 8.33. The number of hydrogen-bond donors (Lipinski definition) is 1. The topological polar surface area (TPSA) is 73.4 Å². The van der Waals surface area contributed by atoms with Gasteiger partial charge in [0.05, 0.1) is 41.3 Å². The number of aromatic amines is 1. The van der Waals surface area contributed by atoms with E-state index in [1.165, 1.54) is 0 Å². The van der Waals surface area contributed by atoms with Crippen molar-refractivity contribution in [3.8, 4) is 0 Å². The molecule has 0 spiro atoms. The quantitative estimate of drug-likeness (QED) is 0.541. The highest BCUT2D eigenvalue weighted by Gasteiger charge is 2.24. The molecule has 8 nitrogen and oxygen atoms in total. The zero-order valence-electron chi connectivity index (χ0n) is 19.7. The molecular formula is C25H30ClN7OS. The van der Waals surface area contributed by atoms with Crippen LogP contribution in [0.2, 0.25) is 5.02 Å². The Bertz CT molecular complexity index is 1210. The first-order valence-electron chi connectivity index (χ1n) is 12.3. The number of nitrogens with zero attached hydrogens (tertiary/aromatic N) is 6. The number of pyridine rings is 1. The Morgan fingerprint density at radius 2 is 1.94 bits per heavy atom. The minimum absolute atomic E-state index is 0.532. The third-order valence-corrected chi connectivity index (χ3v) is 7.98. The van der Waals surface area contributed by atoms with Crippen molar-refractivity contribution in [2.45, 2.75) is 13.0 Å². The van der Waals surface area contributed by atoms with Gasteiger partial charge in [-0.2, -0.15) is 0 Å². The van der Waals surface area contributed by atoms with Crippen LogP contribution >= 0.6 is 22.9 Å². The molecule has 2 aliphatic heterocycles. The minimum atomic E-state index is 0.532. The van der Waals surface area contributed by atoms with Gasteiger partial charge in [0.1, 0.15) is 11.3 Å². The molecule has 1 N–H and O–H groups in total. The number of fused-ring (bicyclic) bond motifs is 1. The van der Waals surface area contributed by atoms with Gasteiger partial charge in [0.15, 0.2) is 5.65 Å². The lowest BCUT2D eigenvalue weighted by Crippen LogP contribution is -2.46. The van der Waals surface area contributed by atoms with E-state index >= 15 is 0 Å². The van der Waals surface area contributed by atoms with Gasteiger partial charge in [0.2, 0.25) is 0 Å². The predicted octanol–water partition coefficient (Wildman–Crippen LogP) is 3.68. The monoisotopic (exact) mass is 511 g/mol. The SMILES string of the molecule is Clc1cnc2nc(C3=CCC(CN4CCOCC4)C=C3)[nH]c2c1N1CCN(Cc2cscn2)CC1. The van der Waals surface area contributed by atoms with Crippen molar-refractivity contribution in [3.05, 3.63) is 51.9 Å². The van der Waals surface area contributed by atoms with E-state index in [1.807, 2.05) is 5.51 Å².